The van der Waals surface area contributed by atoms with E-state index in [1.54, 1.807) is 12.2 Å². The number of carbonyl (C=O) groups excluding carboxylic acids is 1. The molecular formula is C21H28O4. The van der Waals surface area contributed by atoms with Crippen molar-refractivity contribution >= 4 is 5.97 Å². The highest BCUT2D eigenvalue weighted by molar-refractivity contribution is 5.82. The fraction of sp³-hybridized carbons (Fsp3) is 0.476. The van der Waals surface area contributed by atoms with Crippen molar-refractivity contribution in [2.75, 3.05) is 0 Å². The van der Waals surface area contributed by atoms with Crippen LogP contribution in [0.4, 0.5) is 0 Å². The van der Waals surface area contributed by atoms with Gasteiger partial charge in [0.05, 0.1) is 12.2 Å². The normalized spacial score (nSPS) is 19.8. The van der Waals surface area contributed by atoms with Crippen molar-refractivity contribution in [3.8, 4) is 0 Å². The largest absolute Gasteiger partial charge is 0.455 e. The monoisotopic (exact) mass is 344 g/mol. The molecule has 0 fully saturated rings. The number of carbonyl (C=O) groups is 1. The quantitative estimate of drug-likeness (QED) is 0.388. The fourth-order valence-corrected chi connectivity index (χ4v) is 2.92. The molecule has 0 spiro atoms. The Labute approximate surface area is 149 Å². The van der Waals surface area contributed by atoms with Crippen LogP contribution >= 0.6 is 0 Å². The second-order valence-corrected chi connectivity index (χ2v) is 6.55. The van der Waals surface area contributed by atoms with E-state index in [0.29, 0.717) is 25.7 Å². The summed E-state index contributed by atoms with van der Waals surface area (Å²) in [6.45, 7) is 0. The number of cyclic esters (lactones) is 1. The molecule has 3 atom stereocenters. The highest BCUT2D eigenvalue weighted by atomic mass is 16.5. The average molecular weight is 344 g/mol. The van der Waals surface area contributed by atoms with Crippen molar-refractivity contribution in [3.05, 3.63) is 60.2 Å². The highest BCUT2D eigenvalue weighted by Gasteiger charge is 2.14. The Morgan fingerprint density at radius 2 is 1.96 bits per heavy atom. The Kier molecular flexibility index (Phi) is 8.43. The van der Waals surface area contributed by atoms with Gasteiger partial charge in [0.25, 0.3) is 0 Å². The van der Waals surface area contributed by atoms with Gasteiger partial charge in [-0.15, -0.1) is 0 Å². The van der Waals surface area contributed by atoms with Crippen LogP contribution in [0.5, 0.6) is 0 Å². The SMILES string of the molecule is O=C1C=CC[C@H](C=CC[C@@H](O)C[C@H](O)CCCCc2ccccc2)O1. The van der Waals surface area contributed by atoms with Gasteiger partial charge >= 0.3 is 5.97 Å². The molecule has 0 saturated carbocycles. The molecule has 2 N–H and O–H groups in total. The van der Waals surface area contributed by atoms with Crippen molar-refractivity contribution < 1.29 is 19.7 Å². The van der Waals surface area contributed by atoms with Crippen LogP contribution in [0.2, 0.25) is 0 Å². The summed E-state index contributed by atoms with van der Waals surface area (Å²) in [5.41, 5.74) is 1.32. The summed E-state index contributed by atoms with van der Waals surface area (Å²) < 4.78 is 5.11. The van der Waals surface area contributed by atoms with Gasteiger partial charge in [-0.05, 0) is 43.7 Å². The summed E-state index contributed by atoms with van der Waals surface area (Å²) in [4.78, 5) is 11.1. The molecule has 136 valence electrons. The summed E-state index contributed by atoms with van der Waals surface area (Å²) in [5, 5.41) is 20.0. The Bertz CT molecular complexity index is 565. The Morgan fingerprint density at radius 3 is 2.72 bits per heavy atom. The number of hydrogen-bond acceptors (Lipinski definition) is 4. The van der Waals surface area contributed by atoms with Gasteiger partial charge in [-0.3, -0.25) is 0 Å². The van der Waals surface area contributed by atoms with E-state index in [1.165, 1.54) is 11.6 Å². The minimum atomic E-state index is -0.574. The lowest BCUT2D eigenvalue weighted by Crippen LogP contribution is -2.19. The Hall–Kier alpha value is -1.91. The van der Waals surface area contributed by atoms with Crippen LogP contribution in [0.3, 0.4) is 0 Å². The minimum Gasteiger partial charge on any atom is -0.455 e. The van der Waals surface area contributed by atoms with Gasteiger partial charge in [0.2, 0.25) is 0 Å². The molecule has 0 radical (unpaired) electrons. The third-order valence-electron chi connectivity index (χ3n) is 4.29. The lowest BCUT2D eigenvalue weighted by atomic mass is 10.0. The van der Waals surface area contributed by atoms with Crippen LogP contribution in [0.15, 0.2) is 54.6 Å². The first-order valence-electron chi connectivity index (χ1n) is 9.07. The number of hydrogen-bond donors (Lipinski definition) is 2. The van der Waals surface area contributed by atoms with Crippen LogP contribution in [-0.4, -0.2) is 34.5 Å². The number of esters is 1. The van der Waals surface area contributed by atoms with E-state index in [1.807, 2.05) is 24.3 Å². The van der Waals surface area contributed by atoms with Gasteiger partial charge in [0, 0.05) is 12.5 Å². The van der Waals surface area contributed by atoms with E-state index in [-0.39, 0.29) is 12.1 Å². The van der Waals surface area contributed by atoms with Gasteiger partial charge < -0.3 is 14.9 Å². The average Bonchev–Trinajstić information content (AvgIpc) is 2.60. The van der Waals surface area contributed by atoms with Crippen LogP contribution < -0.4 is 0 Å². The third kappa shape index (κ3) is 8.14. The number of benzene rings is 1. The van der Waals surface area contributed by atoms with Crippen LogP contribution in [0, 0.1) is 0 Å². The fourth-order valence-electron chi connectivity index (χ4n) is 2.92. The van der Waals surface area contributed by atoms with Gasteiger partial charge in [0.1, 0.15) is 6.10 Å². The predicted octanol–water partition coefficient (Wildman–Crippen LogP) is 3.33. The smallest absolute Gasteiger partial charge is 0.331 e. The summed E-state index contributed by atoms with van der Waals surface area (Å²) in [7, 11) is 0. The molecule has 1 heterocycles. The molecule has 0 amide bonds. The predicted molar refractivity (Wildman–Crippen MR) is 98.0 cm³/mol. The van der Waals surface area contributed by atoms with Crippen molar-refractivity contribution in [1.29, 1.82) is 0 Å². The number of ether oxygens (including phenoxy) is 1. The second-order valence-electron chi connectivity index (χ2n) is 6.55. The summed E-state index contributed by atoms with van der Waals surface area (Å²) in [6, 6.07) is 10.3. The van der Waals surface area contributed by atoms with Crippen molar-refractivity contribution in [2.45, 2.75) is 63.3 Å². The maximum absolute atomic E-state index is 11.1. The number of unbranched alkanes of at least 4 members (excludes halogenated alkanes) is 1. The molecule has 4 heteroatoms. The molecule has 1 aromatic carbocycles. The Morgan fingerprint density at radius 1 is 1.16 bits per heavy atom. The van der Waals surface area contributed by atoms with Crippen molar-refractivity contribution in [3.63, 3.8) is 0 Å². The summed E-state index contributed by atoms with van der Waals surface area (Å²) >= 11 is 0. The van der Waals surface area contributed by atoms with E-state index in [0.717, 1.165) is 19.3 Å². The molecule has 25 heavy (non-hydrogen) atoms. The second kappa shape index (κ2) is 10.9. The summed E-state index contributed by atoms with van der Waals surface area (Å²) in [6.07, 6.45) is 10.8. The standard InChI is InChI=1S/C21H28O4/c22-18(11-5-4-10-17-8-2-1-3-9-17)16-19(23)12-6-13-20-14-7-15-21(24)25-20/h1-3,6-9,13,15,18-20,22-23H,4-5,10-12,14,16H2/t18-,19-,20+/m1/s1. The van der Waals surface area contributed by atoms with Crippen LogP contribution in [-0.2, 0) is 16.0 Å². The van der Waals surface area contributed by atoms with E-state index < -0.39 is 12.2 Å². The first kappa shape index (κ1) is 19.4. The zero-order chi connectivity index (χ0) is 17.9. The van der Waals surface area contributed by atoms with Crippen LogP contribution in [0.25, 0.3) is 0 Å². The van der Waals surface area contributed by atoms with Gasteiger partial charge in [0.15, 0.2) is 0 Å². The van der Waals surface area contributed by atoms with Crippen molar-refractivity contribution in [2.24, 2.45) is 0 Å². The number of aliphatic hydroxyl groups excluding tert-OH is 2. The van der Waals surface area contributed by atoms with Crippen molar-refractivity contribution in [1.82, 2.24) is 0 Å². The highest BCUT2D eigenvalue weighted by Crippen LogP contribution is 2.13. The molecule has 1 aliphatic rings. The number of aliphatic hydroxyl groups is 2. The first-order valence-corrected chi connectivity index (χ1v) is 9.07. The molecule has 1 aliphatic heterocycles. The minimum absolute atomic E-state index is 0.243. The maximum Gasteiger partial charge on any atom is 0.331 e. The van der Waals surface area contributed by atoms with Crippen LogP contribution in [0.1, 0.15) is 44.1 Å². The molecule has 4 nitrogen and oxygen atoms in total. The lowest BCUT2D eigenvalue weighted by molar-refractivity contribution is -0.141. The zero-order valence-corrected chi connectivity index (χ0v) is 14.6. The molecule has 1 aromatic rings. The van der Waals surface area contributed by atoms with E-state index >= 15 is 0 Å². The molecule has 2 rings (SSSR count). The van der Waals surface area contributed by atoms with Gasteiger partial charge in [-0.2, -0.15) is 0 Å². The molecule has 0 aromatic heterocycles. The molecule has 0 bridgehead atoms. The van der Waals surface area contributed by atoms with E-state index in [2.05, 4.69) is 12.1 Å². The van der Waals surface area contributed by atoms with E-state index in [4.69, 9.17) is 4.74 Å². The Balaban J connectivity index is 1.56. The summed E-state index contributed by atoms with van der Waals surface area (Å²) in [5.74, 6) is -0.327. The molecular weight excluding hydrogens is 316 g/mol. The van der Waals surface area contributed by atoms with E-state index in [9.17, 15) is 15.0 Å². The molecule has 0 aliphatic carbocycles. The third-order valence-corrected chi connectivity index (χ3v) is 4.29. The first-order chi connectivity index (χ1) is 12.1. The number of aryl methyl sites for hydroxylation is 1. The molecule has 0 unspecified atom stereocenters. The topological polar surface area (TPSA) is 66.8 Å². The maximum atomic E-state index is 11.1. The zero-order valence-electron chi connectivity index (χ0n) is 14.6. The molecule has 0 saturated heterocycles. The lowest BCUT2D eigenvalue weighted by Gasteiger charge is -2.16. The van der Waals surface area contributed by atoms with Gasteiger partial charge in [-0.1, -0.05) is 48.9 Å². The van der Waals surface area contributed by atoms with Gasteiger partial charge in [-0.25, -0.2) is 4.79 Å². The number of rotatable bonds is 10.